The summed E-state index contributed by atoms with van der Waals surface area (Å²) >= 11 is 0. The molecule has 1 unspecified atom stereocenters. The maximum Gasteiger partial charge on any atom is 0.231 e. The molecule has 1 aromatic carbocycles. The number of hydrogen-bond donors (Lipinski definition) is 2. The van der Waals surface area contributed by atoms with Crippen LogP contribution in [-0.2, 0) is 5.41 Å². The third kappa shape index (κ3) is 4.01. The summed E-state index contributed by atoms with van der Waals surface area (Å²) in [6, 6.07) is 12.3. The number of rotatable bonds is 4. The van der Waals surface area contributed by atoms with Gasteiger partial charge in [0.05, 0.1) is 5.92 Å². The SMILES string of the molecule is CC(C)(C)c1cccc(Nc2ccc(-c3noc(C4CCNC4)n3)cn2)c1. The van der Waals surface area contributed by atoms with Gasteiger partial charge in [-0.05, 0) is 48.2 Å². The average Bonchev–Trinajstić information content (AvgIpc) is 3.34. The summed E-state index contributed by atoms with van der Waals surface area (Å²) in [5, 5.41) is 10.8. The molecule has 2 aromatic heterocycles. The molecule has 1 atom stereocenters. The molecule has 1 saturated heterocycles. The summed E-state index contributed by atoms with van der Waals surface area (Å²) in [5.74, 6) is 2.39. The first-order valence-corrected chi connectivity index (χ1v) is 9.37. The standard InChI is InChI=1S/C21H25N5O/c1-21(2,3)16-5-4-6-17(11-16)24-18-8-7-14(13-23-18)19-25-20(27-26-19)15-9-10-22-12-15/h4-8,11,13,15,22H,9-10,12H2,1-3H3,(H,23,24). The van der Waals surface area contributed by atoms with Crippen LogP contribution < -0.4 is 10.6 Å². The van der Waals surface area contributed by atoms with E-state index in [-0.39, 0.29) is 5.41 Å². The highest BCUT2D eigenvalue weighted by molar-refractivity contribution is 5.61. The first-order valence-electron chi connectivity index (χ1n) is 9.37. The summed E-state index contributed by atoms with van der Waals surface area (Å²) in [6.45, 7) is 8.52. The molecule has 0 bridgehead atoms. The fourth-order valence-electron chi connectivity index (χ4n) is 3.20. The van der Waals surface area contributed by atoms with Gasteiger partial charge in [0.25, 0.3) is 0 Å². The van der Waals surface area contributed by atoms with E-state index in [2.05, 4.69) is 64.7 Å². The first-order chi connectivity index (χ1) is 13.0. The van der Waals surface area contributed by atoms with E-state index in [1.165, 1.54) is 5.56 Å². The fourth-order valence-corrected chi connectivity index (χ4v) is 3.20. The van der Waals surface area contributed by atoms with Gasteiger partial charge in [-0.3, -0.25) is 0 Å². The largest absolute Gasteiger partial charge is 0.340 e. The minimum absolute atomic E-state index is 0.111. The zero-order chi connectivity index (χ0) is 18.9. The third-order valence-corrected chi connectivity index (χ3v) is 4.87. The summed E-state index contributed by atoms with van der Waals surface area (Å²) < 4.78 is 5.43. The van der Waals surface area contributed by atoms with Crippen molar-refractivity contribution in [3.8, 4) is 11.4 Å². The van der Waals surface area contributed by atoms with Crippen molar-refractivity contribution in [3.05, 3.63) is 54.0 Å². The van der Waals surface area contributed by atoms with Crippen molar-refractivity contribution >= 4 is 11.5 Å². The van der Waals surface area contributed by atoms with Gasteiger partial charge in [-0.15, -0.1) is 0 Å². The summed E-state index contributed by atoms with van der Waals surface area (Å²) in [4.78, 5) is 9.04. The second-order valence-electron chi connectivity index (χ2n) is 8.03. The molecule has 0 radical (unpaired) electrons. The molecular formula is C21H25N5O. The number of nitrogens with one attached hydrogen (secondary N) is 2. The smallest absolute Gasteiger partial charge is 0.231 e. The Labute approximate surface area is 159 Å². The molecular weight excluding hydrogens is 338 g/mol. The maximum atomic E-state index is 5.43. The van der Waals surface area contributed by atoms with Crippen LogP contribution in [0.15, 0.2) is 47.1 Å². The number of hydrogen-bond acceptors (Lipinski definition) is 6. The minimum Gasteiger partial charge on any atom is -0.340 e. The highest BCUT2D eigenvalue weighted by Gasteiger charge is 2.23. The van der Waals surface area contributed by atoms with E-state index in [0.29, 0.717) is 17.6 Å². The van der Waals surface area contributed by atoms with Gasteiger partial charge < -0.3 is 15.2 Å². The van der Waals surface area contributed by atoms with Crippen molar-refractivity contribution in [2.24, 2.45) is 0 Å². The molecule has 1 aliphatic heterocycles. The molecule has 6 heteroatoms. The normalized spacial score (nSPS) is 17.2. The Hall–Kier alpha value is -2.73. The summed E-state index contributed by atoms with van der Waals surface area (Å²) in [5.41, 5.74) is 3.27. The lowest BCUT2D eigenvalue weighted by Crippen LogP contribution is -2.11. The molecule has 2 N–H and O–H groups in total. The first kappa shape index (κ1) is 17.7. The molecule has 3 aromatic rings. The maximum absolute atomic E-state index is 5.43. The quantitative estimate of drug-likeness (QED) is 0.722. The molecule has 0 amide bonds. The third-order valence-electron chi connectivity index (χ3n) is 4.87. The number of benzene rings is 1. The van der Waals surface area contributed by atoms with E-state index in [9.17, 15) is 0 Å². The Kier molecular flexibility index (Phi) is 4.66. The Morgan fingerprint density at radius 1 is 1.19 bits per heavy atom. The van der Waals surface area contributed by atoms with Crippen molar-refractivity contribution in [2.45, 2.75) is 38.5 Å². The van der Waals surface area contributed by atoms with Crippen LogP contribution in [0, 0.1) is 0 Å². The van der Waals surface area contributed by atoms with Crippen molar-refractivity contribution in [2.75, 3.05) is 18.4 Å². The van der Waals surface area contributed by atoms with Crippen LogP contribution in [0.1, 0.15) is 44.6 Å². The Morgan fingerprint density at radius 3 is 2.78 bits per heavy atom. The zero-order valence-corrected chi connectivity index (χ0v) is 16.0. The van der Waals surface area contributed by atoms with Crippen molar-refractivity contribution < 1.29 is 4.52 Å². The van der Waals surface area contributed by atoms with Crippen LogP contribution >= 0.6 is 0 Å². The van der Waals surface area contributed by atoms with Crippen molar-refractivity contribution in [1.82, 2.24) is 20.4 Å². The molecule has 1 aliphatic rings. The zero-order valence-electron chi connectivity index (χ0n) is 16.0. The fraction of sp³-hybridized carbons (Fsp3) is 0.381. The highest BCUT2D eigenvalue weighted by atomic mass is 16.5. The molecule has 0 aliphatic carbocycles. The number of pyridine rings is 1. The minimum atomic E-state index is 0.111. The molecule has 0 saturated carbocycles. The van der Waals surface area contributed by atoms with Crippen LogP contribution in [-0.4, -0.2) is 28.2 Å². The Morgan fingerprint density at radius 2 is 2.07 bits per heavy atom. The summed E-state index contributed by atoms with van der Waals surface area (Å²) in [7, 11) is 0. The Balaban J connectivity index is 1.48. The van der Waals surface area contributed by atoms with E-state index in [1.807, 2.05) is 18.2 Å². The van der Waals surface area contributed by atoms with Crippen molar-refractivity contribution in [3.63, 3.8) is 0 Å². The van der Waals surface area contributed by atoms with Gasteiger partial charge in [0.1, 0.15) is 5.82 Å². The van der Waals surface area contributed by atoms with Gasteiger partial charge in [-0.1, -0.05) is 38.1 Å². The average molecular weight is 363 g/mol. The lowest BCUT2D eigenvalue weighted by atomic mass is 9.87. The van der Waals surface area contributed by atoms with Crippen molar-refractivity contribution in [1.29, 1.82) is 0 Å². The lowest BCUT2D eigenvalue weighted by Gasteiger charge is -2.20. The molecule has 6 nitrogen and oxygen atoms in total. The molecule has 1 fully saturated rings. The van der Waals surface area contributed by atoms with E-state index in [0.717, 1.165) is 36.6 Å². The monoisotopic (exact) mass is 363 g/mol. The van der Waals surface area contributed by atoms with Gasteiger partial charge in [0.2, 0.25) is 11.7 Å². The number of aromatic nitrogens is 3. The second kappa shape index (κ2) is 7.12. The molecule has 3 heterocycles. The molecule has 0 spiro atoms. The van der Waals surface area contributed by atoms with Gasteiger partial charge >= 0.3 is 0 Å². The molecule has 4 rings (SSSR count). The van der Waals surface area contributed by atoms with Crippen LogP contribution in [0.3, 0.4) is 0 Å². The van der Waals surface area contributed by atoms with Gasteiger partial charge in [0.15, 0.2) is 0 Å². The van der Waals surface area contributed by atoms with Crippen LogP contribution in [0.25, 0.3) is 11.4 Å². The van der Waals surface area contributed by atoms with Gasteiger partial charge in [0, 0.05) is 24.0 Å². The Bertz CT molecular complexity index is 905. The van der Waals surface area contributed by atoms with Crippen LogP contribution in [0.5, 0.6) is 0 Å². The van der Waals surface area contributed by atoms with Gasteiger partial charge in [-0.2, -0.15) is 4.98 Å². The molecule has 140 valence electrons. The number of nitrogens with zero attached hydrogens (tertiary/aromatic N) is 3. The predicted octanol–water partition coefficient (Wildman–Crippen LogP) is 4.25. The summed E-state index contributed by atoms with van der Waals surface area (Å²) in [6.07, 6.45) is 2.81. The van der Waals surface area contributed by atoms with E-state index in [1.54, 1.807) is 6.20 Å². The predicted molar refractivity (Wildman–Crippen MR) is 106 cm³/mol. The molecule has 27 heavy (non-hydrogen) atoms. The number of anilines is 2. The van der Waals surface area contributed by atoms with E-state index in [4.69, 9.17) is 4.52 Å². The van der Waals surface area contributed by atoms with E-state index >= 15 is 0 Å². The van der Waals surface area contributed by atoms with Crippen LogP contribution in [0.2, 0.25) is 0 Å². The van der Waals surface area contributed by atoms with Gasteiger partial charge in [-0.25, -0.2) is 4.98 Å². The lowest BCUT2D eigenvalue weighted by molar-refractivity contribution is 0.359. The second-order valence-corrected chi connectivity index (χ2v) is 8.03. The topological polar surface area (TPSA) is 75.9 Å². The van der Waals surface area contributed by atoms with E-state index < -0.39 is 0 Å². The van der Waals surface area contributed by atoms with Crippen LogP contribution in [0.4, 0.5) is 11.5 Å². The highest BCUT2D eigenvalue weighted by Crippen LogP contribution is 2.27.